The first-order chi connectivity index (χ1) is 15.6. The van der Waals surface area contributed by atoms with Gasteiger partial charge in [0, 0.05) is 37.4 Å². The van der Waals surface area contributed by atoms with Crippen molar-refractivity contribution in [3.8, 4) is 12.1 Å². The first kappa shape index (κ1) is 21.8. The topological polar surface area (TPSA) is 87.2 Å². The average Bonchev–Trinajstić information content (AvgIpc) is 2.84. The summed E-state index contributed by atoms with van der Waals surface area (Å²) in [5.74, 6) is 0.816. The Bertz CT molecular complexity index is 1130. The summed E-state index contributed by atoms with van der Waals surface area (Å²) in [6.45, 7) is 2.69. The van der Waals surface area contributed by atoms with Crippen molar-refractivity contribution in [1.82, 2.24) is 9.88 Å². The fraction of sp³-hybridized carbons (Fsp3) is 0.240. The van der Waals surface area contributed by atoms with Crippen LogP contribution in [0.1, 0.15) is 34.4 Å². The van der Waals surface area contributed by atoms with Crippen molar-refractivity contribution < 1.29 is 5.11 Å². The van der Waals surface area contributed by atoms with Crippen LogP contribution in [0.4, 0.5) is 5.82 Å². The summed E-state index contributed by atoms with van der Waals surface area (Å²) in [6, 6.07) is 22.7. The lowest BCUT2D eigenvalue weighted by molar-refractivity contribution is 0.100. The largest absolute Gasteiger partial charge is 0.387 e. The molecule has 4 rings (SSSR count). The van der Waals surface area contributed by atoms with E-state index in [-0.39, 0.29) is 6.04 Å². The number of pyridine rings is 1. The first-order valence-corrected chi connectivity index (χ1v) is 10.7. The molecule has 1 aliphatic rings. The molecule has 0 amide bonds. The number of nitrogens with zero attached hydrogens (tertiary/aromatic N) is 5. The van der Waals surface area contributed by atoms with Crippen LogP contribution in [0.15, 0.2) is 66.9 Å². The molecule has 0 saturated carbocycles. The molecule has 2 atom stereocenters. The van der Waals surface area contributed by atoms with Crippen molar-refractivity contribution in [2.45, 2.75) is 12.1 Å². The van der Waals surface area contributed by atoms with Crippen molar-refractivity contribution >= 4 is 17.4 Å². The van der Waals surface area contributed by atoms with Crippen molar-refractivity contribution in [2.24, 2.45) is 0 Å². The predicted octanol–water partition coefficient (Wildman–Crippen LogP) is 4.08. The van der Waals surface area contributed by atoms with Gasteiger partial charge in [0.05, 0.1) is 29.3 Å². The molecule has 3 aromatic rings. The minimum atomic E-state index is -0.645. The number of hydrogen-bond acceptors (Lipinski definition) is 6. The van der Waals surface area contributed by atoms with E-state index in [1.54, 1.807) is 36.5 Å². The normalized spacial score (nSPS) is 17.4. The second kappa shape index (κ2) is 9.80. The van der Waals surface area contributed by atoms with Crippen molar-refractivity contribution in [2.75, 3.05) is 31.1 Å². The van der Waals surface area contributed by atoms with Gasteiger partial charge in [-0.3, -0.25) is 4.90 Å². The Hall–Kier alpha value is -3.42. The maximum absolute atomic E-state index is 10.8. The standard InChI is InChI=1S/C25H22ClN5O/c26-22-8-6-20(7-9-22)23-16-30(17-24(32)21-4-1-18(13-27)2-5-21)11-12-31(23)25-10-3-19(14-28)15-29-25/h1-10,15,23-24,32H,11-12,16-17H2/t23-,24+/m0/s1. The van der Waals surface area contributed by atoms with Crippen molar-refractivity contribution in [1.29, 1.82) is 10.5 Å². The van der Waals surface area contributed by atoms with E-state index in [9.17, 15) is 5.11 Å². The lowest BCUT2D eigenvalue weighted by atomic mass is 10.0. The molecule has 1 fully saturated rings. The SMILES string of the molecule is N#Cc1ccc([C@H](O)CN2CCN(c3ccc(C#N)cn3)[C@H](c3ccc(Cl)cc3)C2)cc1. The summed E-state index contributed by atoms with van der Waals surface area (Å²) < 4.78 is 0. The molecule has 32 heavy (non-hydrogen) atoms. The summed E-state index contributed by atoms with van der Waals surface area (Å²) in [5, 5.41) is 29.5. The van der Waals surface area contributed by atoms with Gasteiger partial charge >= 0.3 is 0 Å². The van der Waals surface area contributed by atoms with Crippen LogP contribution in [-0.2, 0) is 0 Å². The van der Waals surface area contributed by atoms with E-state index in [2.05, 4.69) is 26.9 Å². The van der Waals surface area contributed by atoms with Gasteiger partial charge in [0.2, 0.25) is 0 Å². The van der Waals surface area contributed by atoms with Crippen LogP contribution in [0.3, 0.4) is 0 Å². The highest BCUT2D eigenvalue weighted by Crippen LogP contribution is 2.31. The van der Waals surface area contributed by atoms with Crippen LogP contribution >= 0.6 is 11.6 Å². The number of aliphatic hydroxyl groups excluding tert-OH is 1. The van der Waals surface area contributed by atoms with E-state index in [1.807, 2.05) is 30.3 Å². The van der Waals surface area contributed by atoms with Crippen LogP contribution in [0.5, 0.6) is 0 Å². The molecule has 1 N–H and O–H groups in total. The molecule has 1 saturated heterocycles. The van der Waals surface area contributed by atoms with Crippen molar-refractivity contribution in [3.63, 3.8) is 0 Å². The molecule has 6 nitrogen and oxygen atoms in total. The number of piperazine rings is 1. The monoisotopic (exact) mass is 443 g/mol. The Morgan fingerprint density at radius 3 is 2.28 bits per heavy atom. The fourth-order valence-corrected chi connectivity index (χ4v) is 4.13. The Labute approximate surface area is 192 Å². The van der Waals surface area contributed by atoms with Gasteiger partial charge in [-0.1, -0.05) is 35.9 Å². The van der Waals surface area contributed by atoms with Gasteiger partial charge < -0.3 is 10.0 Å². The number of anilines is 1. The molecule has 1 aromatic heterocycles. The van der Waals surface area contributed by atoms with E-state index in [0.29, 0.717) is 29.2 Å². The lowest BCUT2D eigenvalue weighted by Gasteiger charge is -2.43. The number of nitriles is 2. The molecule has 160 valence electrons. The molecule has 1 aliphatic heterocycles. The molecule has 0 unspecified atom stereocenters. The third kappa shape index (κ3) is 4.90. The Morgan fingerprint density at radius 2 is 1.66 bits per heavy atom. The highest BCUT2D eigenvalue weighted by Gasteiger charge is 2.30. The zero-order valence-electron chi connectivity index (χ0n) is 17.4. The van der Waals surface area contributed by atoms with Gasteiger partial charge in [0.1, 0.15) is 11.9 Å². The summed E-state index contributed by atoms with van der Waals surface area (Å²) >= 11 is 6.10. The molecule has 2 aromatic carbocycles. The quantitative estimate of drug-likeness (QED) is 0.639. The highest BCUT2D eigenvalue weighted by molar-refractivity contribution is 6.30. The highest BCUT2D eigenvalue weighted by atomic mass is 35.5. The maximum Gasteiger partial charge on any atom is 0.129 e. The lowest BCUT2D eigenvalue weighted by Crippen LogP contribution is -2.49. The predicted molar refractivity (Wildman–Crippen MR) is 123 cm³/mol. The molecule has 0 radical (unpaired) electrons. The third-order valence-corrected chi connectivity index (χ3v) is 6.00. The summed E-state index contributed by atoms with van der Waals surface area (Å²) in [6.07, 6.45) is 0.947. The molecule has 7 heteroatoms. The molecule has 0 bridgehead atoms. The third-order valence-electron chi connectivity index (χ3n) is 5.75. The Kier molecular flexibility index (Phi) is 6.68. The summed E-state index contributed by atoms with van der Waals surface area (Å²) in [5.41, 5.74) is 3.01. The van der Waals surface area contributed by atoms with E-state index in [1.165, 1.54) is 0 Å². The van der Waals surface area contributed by atoms with Gasteiger partial charge in [0.15, 0.2) is 0 Å². The molecular formula is C25H22ClN5O. The van der Waals surface area contributed by atoms with Gasteiger partial charge in [-0.25, -0.2) is 4.98 Å². The number of benzene rings is 2. The number of aromatic nitrogens is 1. The smallest absolute Gasteiger partial charge is 0.129 e. The van der Waals surface area contributed by atoms with Gasteiger partial charge in [0.25, 0.3) is 0 Å². The van der Waals surface area contributed by atoms with E-state index >= 15 is 0 Å². The number of rotatable bonds is 5. The summed E-state index contributed by atoms with van der Waals surface area (Å²) in [4.78, 5) is 8.97. The Balaban J connectivity index is 1.54. The van der Waals surface area contributed by atoms with Crippen LogP contribution in [0, 0.1) is 22.7 Å². The fourth-order valence-electron chi connectivity index (χ4n) is 4.00. The number of β-amino-alcohol motifs (C(OH)–C–C–N with tert-alkyl or cyclic N) is 1. The van der Waals surface area contributed by atoms with Crippen LogP contribution < -0.4 is 4.90 Å². The molecule has 0 spiro atoms. The second-order valence-electron chi connectivity index (χ2n) is 7.79. The van der Waals surface area contributed by atoms with Crippen LogP contribution in [0.2, 0.25) is 5.02 Å². The van der Waals surface area contributed by atoms with Crippen LogP contribution in [-0.4, -0.2) is 41.2 Å². The number of hydrogen-bond donors (Lipinski definition) is 1. The zero-order valence-corrected chi connectivity index (χ0v) is 18.2. The Morgan fingerprint density at radius 1 is 0.969 bits per heavy atom. The van der Waals surface area contributed by atoms with Gasteiger partial charge in [-0.15, -0.1) is 0 Å². The van der Waals surface area contributed by atoms with Crippen molar-refractivity contribution in [3.05, 3.63) is 94.1 Å². The zero-order chi connectivity index (χ0) is 22.5. The van der Waals surface area contributed by atoms with E-state index in [0.717, 1.165) is 30.0 Å². The minimum absolute atomic E-state index is 0.0228. The molecular weight excluding hydrogens is 422 g/mol. The average molecular weight is 444 g/mol. The van der Waals surface area contributed by atoms with E-state index in [4.69, 9.17) is 22.1 Å². The molecule has 0 aliphatic carbocycles. The summed E-state index contributed by atoms with van der Waals surface area (Å²) in [7, 11) is 0. The van der Waals surface area contributed by atoms with Crippen LogP contribution in [0.25, 0.3) is 0 Å². The van der Waals surface area contributed by atoms with Gasteiger partial charge in [-0.05, 0) is 47.5 Å². The number of aliphatic hydroxyl groups is 1. The second-order valence-corrected chi connectivity index (χ2v) is 8.22. The number of halogens is 1. The first-order valence-electron chi connectivity index (χ1n) is 10.4. The van der Waals surface area contributed by atoms with Gasteiger partial charge in [-0.2, -0.15) is 10.5 Å². The molecule has 2 heterocycles. The van der Waals surface area contributed by atoms with E-state index < -0.39 is 6.10 Å². The maximum atomic E-state index is 10.8. The minimum Gasteiger partial charge on any atom is -0.387 e.